The normalized spacial score (nSPS) is 18.0. The fourth-order valence-electron chi connectivity index (χ4n) is 4.20. The maximum absolute atomic E-state index is 14.0. The van der Waals surface area contributed by atoms with E-state index < -0.39 is 0 Å². The van der Waals surface area contributed by atoms with Crippen molar-refractivity contribution in [1.82, 2.24) is 10.2 Å². The van der Waals surface area contributed by atoms with Gasteiger partial charge in [0.1, 0.15) is 11.6 Å². The molecule has 0 spiro atoms. The van der Waals surface area contributed by atoms with E-state index in [4.69, 9.17) is 4.74 Å². The summed E-state index contributed by atoms with van der Waals surface area (Å²) in [6, 6.07) is 11.7. The van der Waals surface area contributed by atoms with Crippen molar-refractivity contribution in [2.24, 2.45) is 0 Å². The van der Waals surface area contributed by atoms with E-state index in [1.165, 1.54) is 11.1 Å². The first-order chi connectivity index (χ1) is 13.6. The molecule has 4 rings (SSSR count). The van der Waals surface area contributed by atoms with Gasteiger partial charge in [0.2, 0.25) is 0 Å². The van der Waals surface area contributed by atoms with Crippen LogP contribution in [0.3, 0.4) is 0 Å². The van der Waals surface area contributed by atoms with Crippen LogP contribution in [0.25, 0.3) is 0 Å². The summed E-state index contributed by atoms with van der Waals surface area (Å²) in [6.45, 7) is 11.1. The van der Waals surface area contributed by atoms with Crippen molar-refractivity contribution >= 4 is 5.69 Å². The van der Waals surface area contributed by atoms with Crippen LogP contribution in [0.15, 0.2) is 36.4 Å². The topological polar surface area (TPSA) is 27.7 Å². The van der Waals surface area contributed by atoms with Crippen molar-refractivity contribution in [3.8, 4) is 5.75 Å². The fourth-order valence-corrected chi connectivity index (χ4v) is 4.20. The average Bonchev–Trinajstić information content (AvgIpc) is 3.20. The van der Waals surface area contributed by atoms with E-state index in [1.54, 1.807) is 12.1 Å². The Morgan fingerprint density at radius 1 is 1.11 bits per heavy atom. The van der Waals surface area contributed by atoms with E-state index in [0.29, 0.717) is 0 Å². The van der Waals surface area contributed by atoms with Crippen LogP contribution in [0, 0.1) is 5.82 Å². The standard InChI is InChI=1S/C23H30FN3O/c1-3-26-9-11-27(12-10-26)22-6-5-20(24)15-21(22)17(2)25-16-18-4-7-23-19(14-18)8-13-28-23/h4-7,14-15,17,25H,3,8-13,16H2,1-2H3. The second kappa shape index (κ2) is 8.50. The van der Waals surface area contributed by atoms with Crippen molar-refractivity contribution in [3.05, 3.63) is 58.9 Å². The number of piperazine rings is 1. The van der Waals surface area contributed by atoms with Gasteiger partial charge in [-0.15, -0.1) is 0 Å². The third-order valence-electron chi connectivity index (χ3n) is 5.98. The highest BCUT2D eigenvalue weighted by atomic mass is 19.1. The number of hydrogen-bond donors (Lipinski definition) is 1. The number of nitrogens with zero attached hydrogens (tertiary/aromatic N) is 2. The van der Waals surface area contributed by atoms with Crippen molar-refractivity contribution in [1.29, 1.82) is 0 Å². The van der Waals surface area contributed by atoms with Gasteiger partial charge in [-0.3, -0.25) is 0 Å². The highest BCUT2D eigenvalue weighted by Gasteiger charge is 2.21. The first-order valence-electron chi connectivity index (χ1n) is 10.4. The van der Waals surface area contributed by atoms with Gasteiger partial charge in [0, 0.05) is 50.9 Å². The summed E-state index contributed by atoms with van der Waals surface area (Å²) in [5.41, 5.74) is 4.71. The van der Waals surface area contributed by atoms with E-state index in [-0.39, 0.29) is 11.9 Å². The Bertz CT molecular complexity index is 817. The van der Waals surface area contributed by atoms with Gasteiger partial charge in [-0.1, -0.05) is 19.1 Å². The molecule has 1 fully saturated rings. The Morgan fingerprint density at radius 2 is 1.93 bits per heavy atom. The van der Waals surface area contributed by atoms with Gasteiger partial charge in [0.05, 0.1) is 6.61 Å². The van der Waals surface area contributed by atoms with E-state index >= 15 is 0 Å². The SMILES string of the molecule is CCN1CCN(c2ccc(F)cc2C(C)NCc2ccc3c(c2)CCO3)CC1. The van der Waals surface area contributed by atoms with Crippen LogP contribution in [-0.2, 0) is 13.0 Å². The van der Waals surface area contributed by atoms with Gasteiger partial charge in [0.15, 0.2) is 0 Å². The maximum atomic E-state index is 14.0. The van der Waals surface area contributed by atoms with Gasteiger partial charge >= 0.3 is 0 Å². The molecule has 2 aromatic rings. The first-order valence-corrected chi connectivity index (χ1v) is 10.4. The minimum absolute atomic E-state index is 0.0689. The number of hydrogen-bond acceptors (Lipinski definition) is 4. The summed E-state index contributed by atoms with van der Waals surface area (Å²) >= 11 is 0. The quantitative estimate of drug-likeness (QED) is 0.822. The minimum atomic E-state index is -0.172. The van der Waals surface area contributed by atoms with Crippen LogP contribution >= 0.6 is 0 Å². The predicted molar refractivity (Wildman–Crippen MR) is 112 cm³/mol. The number of fused-ring (bicyclic) bond motifs is 1. The highest BCUT2D eigenvalue weighted by Crippen LogP contribution is 2.29. The summed E-state index contributed by atoms with van der Waals surface area (Å²) in [6.07, 6.45) is 0.983. The number of rotatable bonds is 6. The Balaban J connectivity index is 1.46. The van der Waals surface area contributed by atoms with E-state index in [0.717, 1.165) is 69.3 Å². The van der Waals surface area contributed by atoms with Crippen LogP contribution in [-0.4, -0.2) is 44.2 Å². The van der Waals surface area contributed by atoms with E-state index in [9.17, 15) is 4.39 Å². The van der Waals surface area contributed by atoms with Crippen LogP contribution in [0.1, 0.15) is 36.6 Å². The van der Waals surface area contributed by atoms with Gasteiger partial charge < -0.3 is 19.9 Å². The molecule has 0 saturated carbocycles. The van der Waals surface area contributed by atoms with Gasteiger partial charge in [-0.05, 0) is 54.4 Å². The summed E-state index contributed by atoms with van der Waals surface area (Å²) in [5, 5.41) is 3.59. The molecule has 2 aromatic carbocycles. The Morgan fingerprint density at radius 3 is 2.71 bits per heavy atom. The molecule has 1 saturated heterocycles. The minimum Gasteiger partial charge on any atom is -0.493 e. The number of benzene rings is 2. The zero-order valence-corrected chi connectivity index (χ0v) is 16.9. The van der Waals surface area contributed by atoms with Crippen molar-refractivity contribution in [2.75, 3.05) is 44.2 Å². The molecule has 2 aliphatic heterocycles. The number of likely N-dealkylation sites (N-methyl/N-ethyl adjacent to an activating group) is 1. The lowest BCUT2D eigenvalue weighted by Gasteiger charge is -2.37. The molecule has 0 bridgehead atoms. The molecule has 0 amide bonds. The molecular formula is C23H30FN3O. The largest absolute Gasteiger partial charge is 0.493 e. The number of ether oxygens (including phenoxy) is 1. The summed E-state index contributed by atoms with van der Waals surface area (Å²) in [4.78, 5) is 4.85. The average molecular weight is 384 g/mol. The lowest BCUT2D eigenvalue weighted by Crippen LogP contribution is -2.46. The van der Waals surface area contributed by atoms with Gasteiger partial charge in [0.25, 0.3) is 0 Å². The smallest absolute Gasteiger partial charge is 0.123 e. The second-order valence-electron chi connectivity index (χ2n) is 7.77. The zero-order chi connectivity index (χ0) is 19.5. The Labute approximate surface area is 167 Å². The predicted octanol–water partition coefficient (Wildman–Crippen LogP) is 3.75. The number of halogens is 1. The molecule has 0 radical (unpaired) electrons. The molecule has 150 valence electrons. The summed E-state index contributed by atoms with van der Waals surface area (Å²) in [5.74, 6) is 0.838. The van der Waals surface area contributed by atoms with Crippen LogP contribution in [0.5, 0.6) is 5.75 Å². The van der Waals surface area contributed by atoms with Crippen molar-refractivity contribution < 1.29 is 9.13 Å². The lowest BCUT2D eigenvalue weighted by atomic mass is 10.0. The molecule has 1 atom stereocenters. The fraction of sp³-hybridized carbons (Fsp3) is 0.478. The van der Waals surface area contributed by atoms with Gasteiger partial charge in [-0.25, -0.2) is 4.39 Å². The van der Waals surface area contributed by atoms with Crippen molar-refractivity contribution in [3.63, 3.8) is 0 Å². The summed E-state index contributed by atoms with van der Waals surface area (Å²) in [7, 11) is 0. The molecular weight excluding hydrogens is 353 g/mol. The second-order valence-corrected chi connectivity index (χ2v) is 7.77. The van der Waals surface area contributed by atoms with E-state index in [2.05, 4.69) is 47.2 Å². The van der Waals surface area contributed by atoms with Crippen LogP contribution in [0.4, 0.5) is 10.1 Å². The molecule has 2 aliphatic rings. The molecule has 4 nitrogen and oxygen atoms in total. The monoisotopic (exact) mass is 383 g/mol. The molecule has 0 aromatic heterocycles. The van der Waals surface area contributed by atoms with Crippen LogP contribution < -0.4 is 15.0 Å². The molecule has 28 heavy (non-hydrogen) atoms. The molecule has 5 heteroatoms. The zero-order valence-electron chi connectivity index (χ0n) is 16.9. The van der Waals surface area contributed by atoms with Gasteiger partial charge in [-0.2, -0.15) is 0 Å². The number of anilines is 1. The summed E-state index contributed by atoms with van der Waals surface area (Å²) < 4.78 is 19.6. The molecule has 1 unspecified atom stereocenters. The lowest BCUT2D eigenvalue weighted by molar-refractivity contribution is 0.271. The van der Waals surface area contributed by atoms with Crippen molar-refractivity contribution in [2.45, 2.75) is 32.9 Å². The molecule has 2 heterocycles. The number of nitrogens with one attached hydrogen (secondary N) is 1. The first kappa shape index (κ1) is 19.2. The Kier molecular flexibility index (Phi) is 5.83. The third-order valence-corrected chi connectivity index (χ3v) is 5.98. The Hall–Kier alpha value is -2.11. The van der Waals surface area contributed by atoms with E-state index in [1.807, 2.05) is 6.07 Å². The maximum Gasteiger partial charge on any atom is 0.123 e. The molecule has 1 N–H and O–H groups in total. The highest BCUT2D eigenvalue weighted by molar-refractivity contribution is 5.55. The third kappa shape index (κ3) is 4.15. The molecule has 0 aliphatic carbocycles. The van der Waals surface area contributed by atoms with Crippen LogP contribution in [0.2, 0.25) is 0 Å².